The number of hydrogen-bond acceptors (Lipinski definition) is 3. The molecule has 0 unspecified atom stereocenters. The lowest BCUT2D eigenvalue weighted by Gasteiger charge is -2.13. The second-order valence-electron chi connectivity index (χ2n) is 4.51. The maximum atomic E-state index is 6.07. The Hall–Kier alpha value is -1.32. The molecule has 0 radical (unpaired) electrons. The summed E-state index contributed by atoms with van der Waals surface area (Å²) in [5.41, 5.74) is 3.24. The molecular weight excluding hydrogens is 283 g/mol. The molecule has 0 aliphatic heterocycles. The van der Waals surface area contributed by atoms with Crippen LogP contribution in [0.15, 0.2) is 12.1 Å². The summed E-state index contributed by atoms with van der Waals surface area (Å²) in [5.74, 6) is 1.56. The Kier molecular flexibility index (Phi) is 3.97. The van der Waals surface area contributed by atoms with Crippen molar-refractivity contribution in [3.63, 3.8) is 0 Å². The molecule has 0 aliphatic carbocycles. The van der Waals surface area contributed by atoms with E-state index in [1.807, 2.05) is 32.9 Å². The predicted molar refractivity (Wildman–Crippen MR) is 77.5 cm³/mol. The standard InChI is InChI=1S/C14H14Cl2N2O/c1-7-5-8(2)12(9(3)6-7)19-14-11(15)13(16)17-10(4)18-14/h5-6H,1-4H3. The van der Waals surface area contributed by atoms with E-state index >= 15 is 0 Å². The van der Waals surface area contributed by atoms with Crippen molar-refractivity contribution in [2.75, 3.05) is 0 Å². The van der Waals surface area contributed by atoms with E-state index in [9.17, 15) is 0 Å². The Morgan fingerprint density at radius 3 is 2.11 bits per heavy atom. The molecule has 5 heteroatoms. The Morgan fingerprint density at radius 2 is 1.53 bits per heavy atom. The molecule has 3 nitrogen and oxygen atoms in total. The van der Waals surface area contributed by atoms with Crippen LogP contribution in [-0.4, -0.2) is 9.97 Å². The number of hydrogen-bond donors (Lipinski definition) is 0. The fourth-order valence-corrected chi connectivity index (χ4v) is 2.32. The second kappa shape index (κ2) is 5.35. The summed E-state index contributed by atoms with van der Waals surface area (Å²) in [7, 11) is 0. The molecule has 0 N–H and O–H groups in total. The minimum absolute atomic E-state index is 0.201. The smallest absolute Gasteiger partial charge is 0.243 e. The topological polar surface area (TPSA) is 35.0 Å². The SMILES string of the molecule is Cc1cc(C)c(Oc2nc(C)nc(Cl)c2Cl)c(C)c1. The van der Waals surface area contributed by atoms with E-state index in [0.717, 1.165) is 16.9 Å². The number of aryl methyl sites for hydroxylation is 4. The van der Waals surface area contributed by atoms with Gasteiger partial charge in [-0.3, -0.25) is 0 Å². The molecule has 1 aromatic heterocycles. The molecule has 0 saturated carbocycles. The normalized spacial score (nSPS) is 10.6. The first-order valence-corrected chi connectivity index (χ1v) is 6.59. The number of halogens is 2. The summed E-state index contributed by atoms with van der Waals surface area (Å²) < 4.78 is 5.82. The summed E-state index contributed by atoms with van der Waals surface area (Å²) in [5, 5.41) is 0.429. The lowest BCUT2D eigenvalue weighted by Crippen LogP contribution is -1.98. The zero-order chi connectivity index (χ0) is 14.2. The van der Waals surface area contributed by atoms with Gasteiger partial charge in [-0.2, -0.15) is 4.98 Å². The van der Waals surface area contributed by atoms with Crippen molar-refractivity contribution in [3.8, 4) is 11.6 Å². The molecule has 0 fully saturated rings. The number of nitrogens with zero attached hydrogens (tertiary/aromatic N) is 2. The zero-order valence-corrected chi connectivity index (χ0v) is 12.7. The van der Waals surface area contributed by atoms with Crippen molar-refractivity contribution in [2.45, 2.75) is 27.7 Å². The molecule has 0 bridgehead atoms. The van der Waals surface area contributed by atoms with Gasteiger partial charge in [0.25, 0.3) is 0 Å². The van der Waals surface area contributed by atoms with E-state index in [2.05, 4.69) is 9.97 Å². The zero-order valence-electron chi connectivity index (χ0n) is 11.2. The van der Waals surface area contributed by atoms with Gasteiger partial charge in [-0.15, -0.1) is 0 Å². The van der Waals surface area contributed by atoms with Crippen LogP contribution in [0.2, 0.25) is 10.2 Å². The van der Waals surface area contributed by atoms with Gasteiger partial charge < -0.3 is 4.74 Å². The average Bonchev–Trinajstić information content (AvgIpc) is 2.29. The van der Waals surface area contributed by atoms with Crippen molar-refractivity contribution in [3.05, 3.63) is 44.8 Å². The van der Waals surface area contributed by atoms with E-state index in [4.69, 9.17) is 27.9 Å². The second-order valence-corrected chi connectivity index (χ2v) is 5.25. The van der Waals surface area contributed by atoms with Crippen LogP contribution >= 0.6 is 23.2 Å². The van der Waals surface area contributed by atoms with Gasteiger partial charge in [0.2, 0.25) is 5.88 Å². The van der Waals surface area contributed by atoms with Crippen LogP contribution < -0.4 is 4.74 Å². The number of aromatic nitrogens is 2. The first kappa shape index (κ1) is 14.1. The van der Waals surface area contributed by atoms with Crippen LogP contribution in [0.25, 0.3) is 0 Å². The van der Waals surface area contributed by atoms with Gasteiger partial charge in [0.05, 0.1) is 0 Å². The van der Waals surface area contributed by atoms with E-state index < -0.39 is 0 Å². The van der Waals surface area contributed by atoms with Crippen LogP contribution in [0, 0.1) is 27.7 Å². The Bertz CT molecular complexity index is 619. The lowest BCUT2D eigenvalue weighted by atomic mass is 10.1. The van der Waals surface area contributed by atoms with Crippen LogP contribution in [0.3, 0.4) is 0 Å². The quantitative estimate of drug-likeness (QED) is 0.746. The highest BCUT2D eigenvalue weighted by atomic mass is 35.5. The van der Waals surface area contributed by atoms with Gasteiger partial charge in [-0.1, -0.05) is 40.9 Å². The predicted octanol–water partition coefficient (Wildman–Crippen LogP) is 4.81. The van der Waals surface area contributed by atoms with E-state index in [1.54, 1.807) is 6.92 Å². The van der Waals surface area contributed by atoms with Gasteiger partial charge in [0, 0.05) is 0 Å². The highest BCUT2D eigenvalue weighted by Gasteiger charge is 2.14. The molecule has 0 saturated heterocycles. The van der Waals surface area contributed by atoms with Crippen molar-refractivity contribution < 1.29 is 4.74 Å². The third-order valence-electron chi connectivity index (χ3n) is 2.70. The Balaban J connectivity index is 2.48. The van der Waals surface area contributed by atoms with Gasteiger partial charge in [-0.25, -0.2) is 4.98 Å². The molecule has 100 valence electrons. The summed E-state index contributed by atoms with van der Waals surface area (Å²) >= 11 is 12.0. The molecular formula is C14H14Cl2N2O. The number of ether oxygens (including phenoxy) is 1. The monoisotopic (exact) mass is 296 g/mol. The summed E-state index contributed by atoms with van der Waals surface area (Å²) in [4.78, 5) is 8.16. The molecule has 0 amide bonds. The minimum Gasteiger partial charge on any atom is -0.437 e. The number of rotatable bonds is 2. The van der Waals surface area contributed by atoms with Crippen molar-refractivity contribution in [1.29, 1.82) is 0 Å². The number of benzene rings is 1. The lowest BCUT2D eigenvalue weighted by molar-refractivity contribution is 0.453. The molecule has 0 spiro atoms. The largest absolute Gasteiger partial charge is 0.437 e. The minimum atomic E-state index is 0.201. The highest BCUT2D eigenvalue weighted by molar-refractivity contribution is 6.42. The third-order valence-corrected chi connectivity index (χ3v) is 3.41. The molecule has 0 atom stereocenters. The molecule has 1 aromatic carbocycles. The van der Waals surface area contributed by atoms with Crippen molar-refractivity contribution in [1.82, 2.24) is 9.97 Å². The van der Waals surface area contributed by atoms with E-state index in [-0.39, 0.29) is 16.1 Å². The Labute approximate surface area is 122 Å². The molecule has 19 heavy (non-hydrogen) atoms. The van der Waals surface area contributed by atoms with Crippen LogP contribution in [0.5, 0.6) is 11.6 Å². The molecule has 2 aromatic rings. The van der Waals surface area contributed by atoms with Gasteiger partial charge in [0.15, 0.2) is 5.15 Å². The Morgan fingerprint density at radius 1 is 0.947 bits per heavy atom. The van der Waals surface area contributed by atoms with Crippen LogP contribution in [0.4, 0.5) is 0 Å². The van der Waals surface area contributed by atoms with Crippen LogP contribution in [0.1, 0.15) is 22.5 Å². The fraction of sp³-hybridized carbons (Fsp3) is 0.286. The first-order valence-electron chi connectivity index (χ1n) is 5.84. The van der Waals surface area contributed by atoms with Crippen LogP contribution in [-0.2, 0) is 0 Å². The maximum Gasteiger partial charge on any atom is 0.243 e. The van der Waals surface area contributed by atoms with Crippen molar-refractivity contribution >= 4 is 23.2 Å². The summed E-state index contributed by atoms with van der Waals surface area (Å²) in [6.07, 6.45) is 0. The molecule has 0 aliphatic rings. The average molecular weight is 297 g/mol. The van der Waals surface area contributed by atoms with Gasteiger partial charge in [0.1, 0.15) is 16.6 Å². The van der Waals surface area contributed by atoms with Gasteiger partial charge >= 0.3 is 0 Å². The van der Waals surface area contributed by atoms with Gasteiger partial charge in [-0.05, 0) is 38.8 Å². The summed E-state index contributed by atoms with van der Waals surface area (Å²) in [6.45, 7) is 7.75. The van der Waals surface area contributed by atoms with E-state index in [0.29, 0.717) is 5.82 Å². The summed E-state index contributed by atoms with van der Waals surface area (Å²) in [6, 6.07) is 4.10. The van der Waals surface area contributed by atoms with E-state index in [1.165, 1.54) is 5.56 Å². The highest BCUT2D eigenvalue weighted by Crippen LogP contribution is 2.35. The fourth-order valence-electron chi connectivity index (χ4n) is 1.99. The first-order chi connectivity index (χ1) is 8.88. The molecule has 1 heterocycles. The third kappa shape index (κ3) is 2.99. The van der Waals surface area contributed by atoms with Crippen molar-refractivity contribution in [2.24, 2.45) is 0 Å². The molecule has 2 rings (SSSR count). The maximum absolute atomic E-state index is 6.07.